The number of piperazine rings is 1. The predicted molar refractivity (Wildman–Crippen MR) is 69.7 cm³/mol. The van der Waals surface area contributed by atoms with Gasteiger partial charge in [0, 0.05) is 5.69 Å². The van der Waals surface area contributed by atoms with Crippen molar-refractivity contribution in [3.63, 3.8) is 0 Å². The summed E-state index contributed by atoms with van der Waals surface area (Å²) in [6.07, 6.45) is 0. The second kappa shape index (κ2) is 4.88. The van der Waals surface area contributed by atoms with Crippen LogP contribution in [0.3, 0.4) is 0 Å². The van der Waals surface area contributed by atoms with E-state index in [9.17, 15) is 0 Å². The molecule has 2 heteroatoms. The molecule has 0 atom stereocenters. The molecule has 2 nitrogen and oxygen atoms in total. The fourth-order valence-corrected chi connectivity index (χ4v) is 2.64. The minimum Gasteiger partial charge on any atom is -0.360 e. The van der Waals surface area contributed by atoms with E-state index in [0.29, 0.717) is 0 Å². The molecule has 1 aromatic rings. The Balaban J connectivity index is 2.00. The largest absolute Gasteiger partial charge is 0.360 e. The van der Waals surface area contributed by atoms with Gasteiger partial charge in [-0.25, -0.2) is 0 Å². The van der Waals surface area contributed by atoms with E-state index in [1.54, 1.807) is 0 Å². The number of rotatable bonds is 3. The van der Waals surface area contributed by atoms with Gasteiger partial charge in [0.1, 0.15) is 0 Å². The monoisotopic (exact) mass is 219 g/mol. The van der Waals surface area contributed by atoms with Gasteiger partial charge in [0.25, 0.3) is 0 Å². The summed E-state index contributed by atoms with van der Waals surface area (Å²) >= 11 is 0. The van der Waals surface area contributed by atoms with Crippen molar-refractivity contribution in [2.24, 2.45) is 0 Å². The molecular formula is C14H23N2+. The average molecular weight is 219 g/mol. The zero-order valence-electron chi connectivity index (χ0n) is 10.5. The highest BCUT2D eigenvalue weighted by Crippen LogP contribution is 2.19. The molecule has 2 rings (SSSR count). The summed E-state index contributed by atoms with van der Waals surface area (Å²) in [7, 11) is 0. The molecule has 1 saturated heterocycles. The quantitative estimate of drug-likeness (QED) is 0.705. The van der Waals surface area contributed by atoms with Gasteiger partial charge < -0.3 is 9.38 Å². The molecule has 1 fully saturated rings. The highest BCUT2D eigenvalue weighted by atomic mass is 15.4. The average Bonchev–Trinajstić information content (AvgIpc) is 2.40. The van der Waals surface area contributed by atoms with Crippen molar-refractivity contribution in [3.05, 3.63) is 30.3 Å². The topological polar surface area (TPSA) is 3.24 Å². The lowest BCUT2D eigenvalue weighted by atomic mass is 10.2. The van der Waals surface area contributed by atoms with Gasteiger partial charge in [-0.1, -0.05) is 18.2 Å². The van der Waals surface area contributed by atoms with Crippen LogP contribution >= 0.6 is 0 Å². The van der Waals surface area contributed by atoms with Crippen LogP contribution in [-0.4, -0.2) is 43.8 Å². The molecule has 1 heterocycles. The van der Waals surface area contributed by atoms with Crippen molar-refractivity contribution >= 4 is 5.69 Å². The predicted octanol–water partition coefficient (Wildman–Crippen LogP) is 2.36. The first-order valence-corrected chi connectivity index (χ1v) is 6.45. The van der Waals surface area contributed by atoms with Gasteiger partial charge in [-0.2, -0.15) is 0 Å². The van der Waals surface area contributed by atoms with Gasteiger partial charge in [-0.05, 0) is 26.0 Å². The zero-order valence-corrected chi connectivity index (χ0v) is 10.5. The van der Waals surface area contributed by atoms with E-state index in [0.717, 1.165) is 0 Å². The van der Waals surface area contributed by atoms with E-state index in [4.69, 9.17) is 0 Å². The number of nitrogens with zero attached hydrogens (tertiary/aromatic N) is 2. The fourth-order valence-electron chi connectivity index (χ4n) is 2.64. The molecule has 0 aromatic heterocycles. The van der Waals surface area contributed by atoms with Crippen LogP contribution in [0.15, 0.2) is 30.3 Å². The second-order valence-electron chi connectivity index (χ2n) is 4.74. The molecule has 16 heavy (non-hydrogen) atoms. The summed E-state index contributed by atoms with van der Waals surface area (Å²) < 4.78 is 1.29. The summed E-state index contributed by atoms with van der Waals surface area (Å²) in [6, 6.07) is 10.8. The number of anilines is 1. The molecule has 88 valence electrons. The number of para-hydroxylation sites is 1. The number of likely N-dealkylation sites (N-methyl/N-ethyl adjacent to an activating group) is 1. The van der Waals surface area contributed by atoms with Crippen molar-refractivity contribution in [1.29, 1.82) is 0 Å². The molecule has 0 amide bonds. The third-order valence-electron chi connectivity index (χ3n) is 4.15. The first kappa shape index (κ1) is 11.5. The Morgan fingerprint density at radius 3 is 2.06 bits per heavy atom. The van der Waals surface area contributed by atoms with E-state index in [2.05, 4.69) is 49.1 Å². The number of hydrogen-bond donors (Lipinski definition) is 0. The lowest BCUT2D eigenvalue weighted by Gasteiger charge is -2.44. The van der Waals surface area contributed by atoms with Crippen molar-refractivity contribution in [1.82, 2.24) is 0 Å². The van der Waals surface area contributed by atoms with Gasteiger partial charge >= 0.3 is 0 Å². The molecule has 0 bridgehead atoms. The van der Waals surface area contributed by atoms with E-state index < -0.39 is 0 Å². The van der Waals surface area contributed by atoms with Crippen molar-refractivity contribution < 1.29 is 4.48 Å². The van der Waals surface area contributed by atoms with Crippen LogP contribution in [0.4, 0.5) is 5.69 Å². The highest BCUT2D eigenvalue weighted by Gasteiger charge is 2.29. The lowest BCUT2D eigenvalue weighted by molar-refractivity contribution is -0.925. The minimum absolute atomic E-state index is 1.20. The van der Waals surface area contributed by atoms with E-state index in [1.165, 1.54) is 49.4 Å². The van der Waals surface area contributed by atoms with E-state index in [-0.39, 0.29) is 0 Å². The second-order valence-corrected chi connectivity index (χ2v) is 4.74. The Bertz CT molecular complexity index is 307. The summed E-state index contributed by atoms with van der Waals surface area (Å²) in [5.41, 5.74) is 1.38. The summed E-state index contributed by atoms with van der Waals surface area (Å²) in [5, 5.41) is 0. The lowest BCUT2D eigenvalue weighted by Crippen LogP contribution is -2.59. The normalized spacial score (nSPS) is 19.8. The van der Waals surface area contributed by atoms with Gasteiger partial charge in [0.2, 0.25) is 0 Å². The Hall–Kier alpha value is -1.02. The van der Waals surface area contributed by atoms with Gasteiger partial charge in [-0.3, -0.25) is 0 Å². The first-order chi connectivity index (χ1) is 7.79. The van der Waals surface area contributed by atoms with Crippen molar-refractivity contribution in [2.75, 3.05) is 44.2 Å². The fraction of sp³-hybridized carbons (Fsp3) is 0.571. The molecule has 1 aromatic carbocycles. The third-order valence-corrected chi connectivity index (χ3v) is 4.15. The van der Waals surface area contributed by atoms with Gasteiger partial charge in [0.05, 0.1) is 39.3 Å². The maximum Gasteiger partial charge on any atom is 0.0965 e. The summed E-state index contributed by atoms with van der Waals surface area (Å²) in [5.74, 6) is 0. The number of hydrogen-bond acceptors (Lipinski definition) is 1. The summed E-state index contributed by atoms with van der Waals surface area (Å²) in [6.45, 7) is 12.2. The molecule has 0 saturated carbocycles. The van der Waals surface area contributed by atoms with Crippen LogP contribution in [-0.2, 0) is 0 Å². The van der Waals surface area contributed by atoms with Crippen LogP contribution in [0.5, 0.6) is 0 Å². The maximum atomic E-state index is 2.52. The molecule has 1 aliphatic heterocycles. The Kier molecular flexibility index (Phi) is 3.49. The molecule has 1 aliphatic rings. The van der Waals surface area contributed by atoms with Crippen LogP contribution in [0, 0.1) is 0 Å². The number of benzene rings is 1. The van der Waals surface area contributed by atoms with Gasteiger partial charge in [-0.15, -0.1) is 0 Å². The molecular weight excluding hydrogens is 196 g/mol. The molecule has 0 radical (unpaired) electrons. The standard InChI is InChI=1S/C14H23N2/c1-3-16(4-2)12-10-15(11-13-16)14-8-6-5-7-9-14/h5-9H,3-4,10-13H2,1-2H3/q+1. The Morgan fingerprint density at radius 1 is 1.00 bits per heavy atom. The van der Waals surface area contributed by atoms with Crippen LogP contribution in [0.2, 0.25) is 0 Å². The van der Waals surface area contributed by atoms with Crippen molar-refractivity contribution in [2.45, 2.75) is 13.8 Å². The van der Waals surface area contributed by atoms with Gasteiger partial charge in [0.15, 0.2) is 0 Å². The molecule has 0 spiro atoms. The zero-order chi connectivity index (χ0) is 11.4. The third kappa shape index (κ3) is 2.22. The summed E-state index contributed by atoms with van der Waals surface area (Å²) in [4.78, 5) is 2.52. The highest BCUT2D eigenvalue weighted by molar-refractivity contribution is 5.46. The Labute approximate surface area is 99.1 Å². The molecule has 0 N–H and O–H groups in total. The van der Waals surface area contributed by atoms with Crippen LogP contribution in [0.1, 0.15) is 13.8 Å². The molecule has 0 aliphatic carbocycles. The van der Waals surface area contributed by atoms with Crippen molar-refractivity contribution in [3.8, 4) is 0 Å². The smallest absolute Gasteiger partial charge is 0.0965 e. The number of quaternary nitrogens is 1. The van der Waals surface area contributed by atoms with Crippen LogP contribution in [0.25, 0.3) is 0 Å². The van der Waals surface area contributed by atoms with E-state index >= 15 is 0 Å². The maximum absolute atomic E-state index is 2.52. The SMILES string of the molecule is CC[N+]1(CC)CCN(c2ccccc2)CC1. The Morgan fingerprint density at radius 2 is 1.56 bits per heavy atom. The minimum atomic E-state index is 1.20. The van der Waals surface area contributed by atoms with E-state index in [1.807, 2.05) is 0 Å². The first-order valence-electron chi connectivity index (χ1n) is 6.45. The van der Waals surface area contributed by atoms with Crippen LogP contribution < -0.4 is 4.90 Å². The molecule has 0 unspecified atom stereocenters.